The first-order valence-corrected chi connectivity index (χ1v) is 6.03. The number of hydrogen-bond acceptors (Lipinski definition) is 2. The molecule has 0 radical (unpaired) electrons. The van der Waals surface area contributed by atoms with Crippen LogP contribution in [0.15, 0.2) is 24.3 Å². The number of hydrogen-bond donors (Lipinski definition) is 2. The maximum absolute atomic E-state index is 6.02. The zero-order valence-electron chi connectivity index (χ0n) is 9.32. The van der Waals surface area contributed by atoms with Crippen LogP contribution in [0, 0.1) is 0 Å². The number of aromatic amines is 1. The van der Waals surface area contributed by atoms with E-state index in [1.807, 2.05) is 12.1 Å². The van der Waals surface area contributed by atoms with Crippen molar-refractivity contribution in [3.05, 3.63) is 30.1 Å². The lowest BCUT2D eigenvalue weighted by Crippen LogP contribution is -2.27. The number of nitrogens with two attached hydrogens (primary N) is 1. The molecule has 1 aromatic heterocycles. The number of aromatic nitrogens is 2. The van der Waals surface area contributed by atoms with E-state index < -0.39 is 0 Å². The van der Waals surface area contributed by atoms with E-state index in [4.69, 9.17) is 5.73 Å². The molecule has 3 rings (SSSR count). The fourth-order valence-electron chi connectivity index (χ4n) is 2.64. The van der Waals surface area contributed by atoms with Gasteiger partial charge in [0.2, 0.25) is 0 Å². The Labute approximate surface area is 95.1 Å². The molecule has 1 fully saturated rings. The second-order valence-electron chi connectivity index (χ2n) is 4.76. The lowest BCUT2D eigenvalue weighted by Gasteiger charge is -2.24. The highest BCUT2D eigenvalue weighted by atomic mass is 14.9. The third-order valence-corrected chi connectivity index (χ3v) is 3.51. The molecule has 1 aromatic carbocycles. The molecule has 2 atom stereocenters. The Morgan fingerprint density at radius 3 is 2.94 bits per heavy atom. The van der Waals surface area contributed by atoms with Gasteiger partial charge in [0.25, 0.3) is 0 Å². The first kappa shape index (κ1) is 9.85. The first-order valence-electron chi connectivity index (χ1n) is 6.03. The van der Waals surface area contributed by atoms with Crippen LogP contribution >= 0.6 is 0 Å². The van der Waals surface area contributed by atoms with Crippen LogP contribution < -0.4 is 5.73 Å². The highest BCUT2D eigenvalue weighted by molar-refractivity contribution is 5.74. The number of fused-ring (bicyclic) bond motifs is 1. The maximum Gasteiger partial charge on any atom is 0.110 e. The highest BCUT2D eigenvalue weighted by Crippen LogP contribution is 2.31. The van der Waals surface area contributed by atoms with E-state index in [1.165, 1.54) is 12.8 Å². The van der Waals surface area contributed by atoms with Gasteiger partial charge in [0, 0.05) is 12.0 Å². The number of benzene rings is 1. The molecule has 0 amide bonds. The molecule has 2 aromatic rings. The van der Waals surface area contributed by atoms with Gasteiger partial charge < -0.3 is 10.7 Å². The molecule has 16 heavy (non-hydrogen) atoms. The van der Waals surface area contributed by atoms with E-state index in [0.29, 0.717) is 12.0 Å². The molecule has 1 heterocycles. The van der Waals surface area contributed by atoms with Crippen molar-refractivity contribution in [3.63, 3.8) is 0 Å². The van der Waals surface area contributed by atoms with Crippen LogP contribution in [-0.2, 0) is 0 Å². The summed E-state index contributed by atoms with van der Waals surface area (Å²) < 4.78 is 0. The summed E-state index contributed by atoms with van der Waals surface area (Å²) in [5, 5.41) is 0. The molecule has 1 saturated carbocycles. The quantitative estimate of drug-likeness (QED) is 0.768. The Hall–Kier alpha value is -1.35. The average Bonchev–Trinajstić information content (AvgIpc) is 2.72. The maximum atomic E-state index is 6.02. The number of nitrogens with one attached hydrogen (secondary N) is 1. The number of nitrogens with zero attached hydrogens (tertiary/aromatic N) is 1. The third kappa shape index (κ3) is 1.71. The largest absolute Gasteiger partial charge is 0.342 e. The summed E-state index contributed by atoms with van der Waals surface area (Å²) in [6.45, 7) is 0. The second-order valence-corrected chi connectivity index (χ2v) is 4.76. The second kappa shape index (κ2) is 3.91. The molecule has 1 aliphatic rings. The SMILES string of the molecule is N[C@@H]1CCCC(c2nc3ccccc3[nH]2)C1. The van der Waals surface area contributed by atoms with Crippen molar-refractivity contribution in [2.75, 3.05) is 0 Å². The van der Waals surface area contributed by atoms with Crippen molar-refractivity contribution >= 4 is 11.0 Å². The van der Waals surface area contributed by atoms with Crippen LogP contribution in [0.5, 0.6) is 0 Å². The van der Waals surface area contributed by atoms with E-state index in [0.717, 1.165) is 29.7 Å². The minimum Gasteiger partial charge on any atom is -0.342 e. The van der Waals surface area contributed by atoms with Crippen LogP contribution in [0.25, 0.3) is 11.0 Å². The topological polar surface area (TPSA) is 54.7 Å². The number of rotatable bonds is 1. The minimum atomic E-state index is 0.354. The zero-order valence-corrected chi connectivity index (χ0v) is 9.32. The van der Waals surface area contributed by atoms with Gasteiger partial charge in [-0.25, -0.2) is 4.98 Å². The molecule has 3 N–H and O–H groups in total. The molecule has 0 bridgehead atoms. The lowest BCUT2D eigenvalue weighted by atomic mass is 9.86. The molecule has 0 spiro atoms. The predicted molar refractivity (Wildman–Crippen MR) is 65.3 cm³/mol. The smallest absolute Gasteiger partial charge is 0.110 e. The highest BCUT2D eigenvalue weighted by Gasteiger charge is 2.23. The molecular formula is C13H17N3. The summed E-state index contributed by atoms with van der Waals surface area (Å²) >= 11 is 0. The van der Waals surface area contributed by atoms with Crippen molar-refractivity contribution in [2.45, 2.75) is 37.6 Å². The molecule has 1 aliphatic carbocycles. The predicted octanol–water partition coefficient (Wildman–Crippen LogP) is 2.55. The van der Waals surface area contributed by atoms with Gasteiger partial charge in [-0.15, -0.1) is 0 Å². The molecule has 0 aliphatic heterocycles. The van der Waals surface area contributed by atoms with E-state index in [9.17, 15) is 0 Å². The van der Waals surface area contributed by atoms with Gasteiger partial charge in [-0.05, 0) is 31.4 Å². The Morgan fingerprint density at radius 1 is 1.25 bits per heavy atom. The Morgan fingerprint density at radius 2 is 2.12 bits per heavy atom. The Kier molecular flexibility index (Phi) is 2.40. The van der Waals surface area contributed by atoms with Gasteiger partial charge in [0.05, 0.1) is 11.0 Å². The van der Waals surface area contributed by atoms with Gasteiger partial charge in [0.1, 0.15) is 5.82 Å². The van der Waals surface area contributed by atoms with E-state index >= 15 is 0 Å². The van der Waals surface area contributed by atoms with E-state index in [2.05, 4.69) is 22.1 Å². The van der Waals surface area contributed by atoms with Gasteiger partial charge in [-0.1, -0.05) is 18.6 Å². The van der Waals surface area contributed by atoms with Gasteiger partial charge in [-0.2, -0.15) is 0 Å². The van der Waals surface area contributed by atoms with Gasteiger partial charge >= 0.3 is 0 Å². The Balaban J connectivity index is 1.93. The molecular weight excluding hydrogens is 198 g/mol. The monoisotopic (exact) mass is 215 g/mol. The van der Waals surface area contributed by atoms with Crippen molar-refractivity contribution in [1.29, 1.82) is 0 Å². The molecule has 3 heteroatoms. The van der Waals surface area contributed by atoms with Crippen LogP contribution in [0.4, 0.5) is 0 Å². The van der Waals surface area contributed by atoms with Crippen LogP contribution in [0.1, 0.15) is 37.4 Å². The molecule has 1 unspecified atom stereocenters. The number of H-pyrrole nitrogens is 1. The molecule has 3 nitrogen and oxygen atoms in total. The van der Waals surface area contributed by atoms with Crippen molar-refractivity contribution in [2.24, 2.45) is 5.73 Å². The fraction of sp³-hybridized carbons (Fsp3) is 0.462. The average molecular weight is 215 g/mol. The normalized spacial score (nSPS) is 26.1. The van der Waals surface area contributed by atoms with Crippen molar-refractivity contribution in [1.82, 2.24) is 9.97 Å². The van der Waals surface area contributed by atoms with Crippen LogP contribution in [-0.4, -0.2) is 16.0 Å². The summed E-state index contributed by atoms with van der Waals surface area (Å²) in [6.07, 6.45) is 4.67. The standard InChI is InChI=1S/C13H17N3/c14-10-5-3-4-9(8-10)13-15-11-6-1-2-7-12(11)16-13/h1-2,6-7,9-10H,3-5,8,14H2,(H,15,16)/t9?,10-/m1/s1. The van der Waals surface area contributed by atoms with E-state index in [-0.39, 0.29) is 0 Å². The molecule has 84 valence electrons. The lowest BCUT2D eigenvalue weighted by molar-refractivity contribution is 0.384. The number of para-hydroxylation sites is 2. The summed E-state index contributed by atoms with van der Waals surface area (Å²) in [6, 6.07) is 8.55. The summed E-state index contributed by atoms with van der Waals surface area (Å²) in [7, 11) is 0. The third-order valence-electron chi connectivity index (χ3n) is 3.51. The molecule has 0 saturated heterocycles. The summed E-state index contributed by atoms with van der Waals surface area (Å²) in [5.41, 5.74) is 8.22. The zero-order chi connectivity index (χ0) is 11.0. The van der Waals surface area contributed by atoms with Crippen LogP contribution in [0.2, 0.25) is 0 Å². The summed E-state index contributed by atoms with van der Waals surface area (Å²) in [4.78, 5) is 8.08. The van der Waals surface area contributed by atoms with Crippen LogP contribution in [0.3, 0.4) is 0 Å². The first-order chi connectivity index (χ1) is 7.83. The van der Waals surface area contributed by atoms with Crippen molar-refractivity contribution in [3.8, 4) is 0 Å². The van der Waals surface area contributed by atoms with Crippen molar-refractivity contribution < 1.29 is 0 Å². The minimum absolute atomic E-state index is 0.354. The van der Waals surface area contributed by atoms with Gasteiger partial charge in [0.15, 0.2) is 0 Å². The fourth-order valence-corrected chi connectivity index (χ4v) is 2.64. The van der Waals surface area contributed by atoms with Gasteiger partial charge in [-0.3, -0.25) is 0 Å². The summed E-state index contributed by atoms with van der Waals surface area (Å²) in [5.74, 6) is 1.65. The van der Waals surface area contributed by atoms with E-state index in [1.54, 1.807) is 0 Å². The Bertz CT molecular complexity index is 456. The number of imidazole rings is 1.